The number of nitrogens with zero attached hydrogens (tertiary/aromatic N) is 2. The molecule has 2 aliphatic rings. The quantitative estimate of drug-likeness (QED) is 0.860. The van der Waals surface area contributed by atoms with Crippen molar-refractivity contribution in [1.29, 1.82) is 0 Å². The van der Waals surface area contributed by atoms with E-state index in [0.29, 0.717) is 19.5 Å². The van der Waals surface area contributed by atoms with E-state index in [9.17, 15) is 9.59 Å². The van der Waals surface area contributed by atoms with Crippen LogP contribution in [0.25, 0.3) is 0 Å². The molecule has 0 saturated carbocycles. The van der Waals surface area contributed by atoms with Gasteiger partial charge in [0.05, 0.1) is 0 Å². The summed E-state index contributed by atoms with van der Waals surface area (Å²) >= 11 is 0. The normalized spacial score (nSPS) is 17.8. The van der Waals surface area contributed by atoms with Gasteiger partial charge in [-0.15, -0.1) is 0 Å². The van der Waals surface area contributed by atoms with Gasteiger partial charge in [-0.3, -0.25) is 9.59 Å². The molecule has 3 rings (SSSR count). The van der Waals surface area contributed by atoms with E-state index in [1.807, 2.05) is 22.8 Å². The third-order valence-corrected chi connectivity index (χ3v) is 4.95. The van der Waals surface area contributed by atoms with Gasteiger partial charge in [0.2, 0.25) is 5.91 Å². The Morgan fingerprint density at radius 2 is 1.70 bits per heavy atom. The number of carbonyl (C=O) groups excluding carboxylic acids is 2. The van der Waals surface area contributed by atoms with E-state index in [2.05, 4.69) is 12.1 Å². The predicted octanol–water partition coefficient (Wildman–Crippen LogP) is 2.65. The molecule has 1 aliphatic carbocycles. The lowest BCUT2D eigenvalue weighted by atomic mass is 10.1. The lowest BCUT2D eigenvalue weighted by Crippen LogP contribution is -2.37. The molecule has 0 aromatic heterocycles. The first-order valence-electron chi connectivity index (χ1n) is 8.88. The van der Waals surface area contributed by atoms with Crippen LogP contribution in [0.2, 0.25) is 0 Å². The number of hydrogen-bond donors (Lipinski definition) is 0. The number of hydrogen-bond acceptors (Lipinski definition) is 2. The second kappa shape index (κ2) is 7.16. The average Bonchev–Trinajstić information content (AvgIpc) is 2.88. The van der Waals surface area contributed by atoms with Gasteiger partial charge in [-0.2, -0.15) is 0 Å². The second-order valence-electron chi connectivity index (χ2n) is 6.61. The van der Waals surface area contributed by atoms with Gasteiger partial charge in [0.1, 0.15) is 0 Å². The number of carbonyl (C=O) groups is 2. The smallest absolute Gasteiger partial charge is 0.253 e. The first-order valence-corrected chi connectivity index (χ1v) is 8.88. The van der Waals surface area contributed by atoms with Crippen LogP contribution in [0.1, 0.15) is 54.1 Å². The summed E-state index contributed by atoms with van der Waals surface area (Å²) in [5, 5.41) is 0. The molecule has 1 aromatic rings. The Hall–Kier alpha value is -1.84. The zero-order valence-electron chi connectivity index (χ0n) is 14.0. The molecule has 1 saturated heterocycles. The fourth-order valence-corrected chi connectivity index (χ4v) is 3.63. The Morgan fingerprint density at radius 1 is 0.957 bits per heavy atom. The topological polar surface area (TPSA) is 40.6 Å². The van der Waals surface area contributed by atoms with Crippen LogP contribution < -0.4 is 0 Å². The van der Waals surface area contributed by atoms with Crippen LogP contribution in [-0.4, -0.2) is 47.8 Å². The van der Waals surface area contributed by atoms with E-state index in [1.165, 1.54) is 17.5 Å². The van der Waals surface area contributed by atoms with E-state index in [1.54, 1.807) is 0 Å². The maximum atomic E-state index is 12.8. The third-order valence-electron chi connectivity index (χ3n) is 4.95. The monoisotopic (exact) mass is 314 g/mol. The molecule has 1 heterocycles. The van der Waals surface area contributed by atoms with E-state index < -0.39 is 0 Å². The Labute approximate surface area is 138 Å². The standard InChI is InChI=1S/C19H26N2O2/c1-2-5-18(22)20-10-4-11-21(13-12-20)19(23)17-9-8-15-6-3-7-16(15)14-17/h8-9,14H,2-7,10-13H2,1H3. The van der Waals surface area contributed by atoms with Gasteiger partial charge in [0.25, 0.3) is 5.91 Å². The zero-order chi connectivity index (χ0) is 16.2. The van der Waals surface area contributed by atoms with Crippen LogP contribution in [-0.2, 0) is 17.6 Å². The SMILES string of the molecule is CCCC(=O)N1CCCN(C(=O)c2ccc3c(c2)CCC3)CC1. The van der Waals surface area contributed by atoms with Crippen LogP contribution in [0, 0.1) is 0 Å². The Kier molecular flexibility index (Phi) is 4.99. The minimum absolute atomic E-state index is 0.115. The summed E-state index contributed by atoms with van der Waals surface area (Å²) in [7, 11) is 0. The molecule has 1 aliphatic heterocycles. The fraction of sp³-hybridized carbons (Fsp3) is 0.579. The van der Waals surface area contributed by atoms with Crippen molar-refractivity contribution in [2.45, 2.75) is 45.4 Å². The molecule has 124 valence electrons. The van der Waals surface area contributed by atoms with Crippen molar-refractivity contribution in [2.24, 2.45) is 0 Å². The molecule has 23 heavy (non-hydrogen) atoms. The molecule has 4 nitrogen and oxygen atoms in total. The fourth-order valence-electron chi connectivity index (χ4n) is 3.63. The Morgan fingerprint density at radius 3 is 2.52 bits per heavy atom. The van der Waals surface area contributed by atoms with Crippen LogP contribution in [0.4, 0.5) is 0 Å². The first kappa shape index (κ1) is 16.0. The maximum absolute atomic E-state index is 12.8. The number of rotatable bonds is 3. The van der Waals surface area contributed by atoms with Gasteiger partial charge in [0.15, 0.2) is 0 Å². The molecule has 1 fully saturated rings. The van der Waals surface area contributed by atoms with Crippen molar-refractivity contribution in [3.63, 3.8) is 0 Å². The summed E-state index contributed by atoms with van der Waals surface area (Å²) in [6.07, 6.45) is 5.79. The van der Waals surface area contributed by atoms with E-state index in [4.69, 9.17) is 0 Å². The van der Waals surface area contributed by atoms with Crippen LogP contribution >= 0.6 is 0 Å². The summed E-state index contributed by atoms with van der Waals surface area (Å²) < 4.78 is 0. The minimum atomic E-state index is 0.115. The summed E-state index contributed by atoms with van der Waals surface area (Å²) in [4.78, 5) is 28.7. The van der Waals surface area contributed by atoms with Gasteiger partial charge >= 0.3 is 0 Å². The van der Waals surface area contributed by atoms with Crippen LogP contribution in [0.15, 0.2) is 18.2 Å². The van der Waals surface area contributed by atoms with Crippen molar-refractivity contribution < 1.29 is 9.59 Å². The van der Waals surface area contributed by atoms with Crippen molar-refractivity contribution >= 4 is 11.8 Å². The van der Waals surface area contributed by atoms with Gasteiger partial charge in [-0.1, -0.05) is 13.0 Å². The molecule has 4 heteroatoms. The van der Waals surface area contributed by atoms with Gasteiger partial charge in [-0.05, 0) is 55.4 Å². The van der Waals surface area contributed by atoms with Crippen molar-refractivity contribution in [2.75, 3.05) is 26.2 Å². The Bertz CT molecular complexity index is 597. The van der Waals surface area contributed by atoms with Crippen molar-refractivity contribution in [3.05, 3.63) is 34.9 Å². The van der Waals surface area contributed by atoms with Crippen molar-refractivity contribution in [3.8, 4) is 0 Å². The molecule has 0 bridgehead atoms. The largest absolute Gasteiger partial charge is 0.341 e. The highest BCUT2D eigenvalue weighted by molar-refractivity contribution is 5.94. The molecule has 2 amide bonds. The van der Waals surface area contributed by atoms with Crippen molar-refractivity contribution in [1.82, 2.24) is 9.80 Å². The highest BCUT2D eigenvalue weighted by atomic mass is 16.2. The highest BCUT2D eigenvalue weighted by Crippen LogP contribution is 2.23. The number of amides is 2. The lowest BCUT2D eigenvalue weighted by Gasteiger charge is -2.22. The molecule has 0 N–H and O–H groups in total. The molecule has 0 radical (unpaired) electrons. The first-order chi connectivity index (χ1) is 11.2. The number of aryl methyl sites for hydroxylation is 2. The summed E-state index contributed by atoms with van der Waals surface area (Å²) in [6, 6.07) is 6.16. The minimum Gasteiger partial charge on any atom is -0.341 e. The molecule has 1 aromatic carbocycles. The lowest BCUT2D eigenvalue weighted by molar-refractivity contribution is -0.131. The zero-order valence-corrected chi connectivity index (χ0v) is 14.0. The molecule has 0 unspecified atom stereocenters. The summed E-state index contributed by atoms with van der Waals surface area (Å²) in [5.41, 5.74) is 3.54. The second-order valence-corrected chi connectivity index (χ2v) is 6.61. The summed E-state index contributed by atoms with van der Waals surface area (Å²) in [6.45, 7) is 4.85. The summed E-state index contributed by atoms with van der Waals surface area (Å²) in [5.74, 6) is 0.337. The molecular weight excluding hydrogens is 288 g/mol. The van der Waals surface area contributed by atoms with E-state index >= 15 is 0 Å². The van der Waals surface area contributed by atoms with E-state index in [-0.39, 0.29) is 11.8 Å². The Balaban J connectivity index is 1.65. The van der Waals surface area contributed by atoms with Gasteiger partial charge in [-0.25, -0.2) is 0 Å². The molecular formula is C19H26N2O2. The number of benzene rings is 1. The van der Waals surface area contributed by atoms with Crippen LogP contribution in [0.5, 0.6) is 0 Å². The molecule has 0 spiro atoms. The van der Waals surface area contributed by atoms with Crippen LogP contribution in [0.3, 0.4) is 0 Å². The highest BCUT2D eigenvalue weighted by Gasteiger charge is 2.23. The third kappa shape index (κ3) is 3.57. The van der Waals surface area contributed by atoms with Gasteiger partial charge < -0.3 is 9.80 Å². The predicted molar refractivity (Wildman–Crippen MR) is 90.5 cm³/mol. The van der Waals surface area contributed by atoms with Gasteiger partial charge in [0, 0.05) is 38.2 Å². The van der Waals surface area contributed by atoms with E-state index in [0.717, 1.165) is 44.3 Å². The maximum Gasteiger partial charge on any atom is 0.253 e. The molecule has 0 atom stereocenters. The number of fused-ring (bicyclic) bond motifs is 1. The average molecular weight is 314 g/mol.